The van der Waals surface area contributed by atoms with E-state index in [0.717, 1.165) is 18.7 Å². The molecular formula is C18H26FN3O3. The van der Waals surface area contributed by atoms with Gasteiger partial charge in [-0.25, -0.2) is 9.18 Å². The van der Waals surface area contributed by atoms with Gasteiger partial charge >= 0.3 is 6.09 Å². The molecule has 0 radical (unpaired) electrons. The van der Waals surface area contributed by atoms with Gasteiger partial charge in [0.05, 0.1) is 6.61 Å². The summed E-state index contributed by atoms with van der Waals surface area (Å²) in [5.41, 5.74) is 0.997. The molecule has 1 aromatic carbocycles. The zero-order valence-corrected chi connectivity index (χ0v) is 14.7. The summed E-state index contributed by atoms with van der Waals surface area (Å²) in [6.07, 6.45) is 0.855. The first-order valence-electron chi connectivity index (χ1n) is 8.73. The Kier molecular flexibility index (Phi) is 7.66. The van der Waals surface area contributed by atoms with Crippen LogP contribution >= 0.6 is 0 Å². The summed E-state index contributed by atoms with van der Waals surface area (Å²) in [5, 5.41) is 2.89. The second-order valence-electron chi connectivity index (χ2n) is 6.00. The van der Waals surface area contributed by atoms with Crippen LogP contribution in [-0.4, -0.2) is 67.7 Å². The Morgan fingerprint density at radius 3 is 2.48 bits per heavy atom. The van der Waals surface area contributed by atoms with Gasteiger partial charge in [0, 0.05) is 45.7 Å². The predicted octanol–water partition coefficient (Wildman–Crippen LogP) is 1.65. The van der Waals surface area contributed by atoms with E-state index in [-0.39, 0.29) is 17.8 Å². The van der Waals surface area contributed by atoms with Crippen molar-refractivity contribution in [2.75, 3.05) is 45.9 Å². The van der Waals surface area contributed by atoms with Crippen LogP contribution in [0.15, 0.2) is 24.3 Å². The number of ether oxygens (including phenoxy) is 1. The highest BCUT2D eigenvalue weighted by molar-refractivity contribution is 5.76. The fourth-order valence-electron chi connectivity index (χ4n) is 2.71. The number of nitrogens with zero attached hydrogens (tertiary/aromatic N) is 2. The van der Waals surface area contributed by atoms with Crippen LogP contribution < -0.4 is 5.32 Å². The van der Waals surface area contributed by atoms with Crippen LogP contribution in [0, 0.1) is 5.82 Å². The van der Waals surface area contributed by atoms with E-state index in [0.29, 0.717) is 45.6 Å². The van der Waals surface area contributed by atoms with Crippen molar-refractivity contribution in [1.29, 1.82) is 0 Å². The van der Waals surface area contributed by atoms with Gasteiger partial charge in [0.15, 0.2) is 0 Å². The minimum absolute atomic E-state index is 0.00920. The van der Waals surface area contributed by atoms with E-state index < -0.39 is 0 Å². The summed E-state index contributed by atoms with van der Waals surface area (Å²) in [5.74, 6) is -0.245. The number of hydrogen-bond acceptors (Lipinski definition) is 4. The summed E-state index contributed by atoms with van der Waals surface area (Å²) >= 11 is 0. The molecular weight excluding hydrogens is 325 g/mol. The Morgan fingerprint density at radius 2 is 1.84 bits per heavy atom. The Labute approximate surface area is 147 Å². The van der Waals surface area contributed by atoms with Crippen LogP contribution in [0.4, 0.5) is 9.18 Å². The van der Waals surface area contributed by atoms with Gasteiger partial charge in [0.25, 0.3) is 0 Å². The van der Waals surface area contributed by atoms with E-state index in [1.165, 1.54) is 12.1 Å². The van der Waals surface area contributed by atoms with Crippen molar-refractivity contribution >= 4 is 12.0 Å². The number of rotatable bonds is 7. The highest BCUT2D eigenvalue weighted by Crippen LogP contribution is 2.05. The molecule has 1 aliphatic heterocycles. The molecule has 1 N–H and O–H groups in total. The molecule has 0 spiro atoms. The molecule has 0 aromatic heterocycles. The highest BCUT2D eigenvalue weighted by atomic mass is 19.1. The van der Waals surface area contributed by atoms with Gasteiger partial charge in [0.1, 0.15) is 5.82 Å². The number of benzene rings is 1. The third-order valence-electron chi connectivity index (χ3n) is 4.20. The Hall–Kier alpha value is -2.15. The van der Waals surface area contributed by atoms with Crippen molar-refractivity contribution in [3.05, 3.63) is 35.6 Å². The molecule has 0 saturated carbocycles. The number of halogens is 1. The maximum atomic E-state index is 12.8. The molecule has 1 fully saturated rings. The Balaban J connectivity index is 1.58. The maximum absolute atomic E-state index is 12.8. The van der Waals surface area contributed by atoms with E-state index in [1.807, 2.05) is 0 Å². The number of hydrogen-bond donors (Lipinski definition) is 1. The first-order valence-corrected chi connectivity index (χ1v) is 8.73. The summed E-state index contributed by atoms with van der Waals surface area (Å²) in [6, 6.07) is 6.30. The van der Waals surface area contributed by atoms with Gasteiger partial charge in [0.2, 0.25) is 5.91 Å². The number of nitrogens with one attached hydrogen (secondary N) is 1. The summed E-state index contributed by atoms with van der Waals surface area (Å²) in [6.45, 7) is 6.17. The van der Waals surface area contributed by atoms with Crippen molar-refractivity contribution in [2.24, 2.45) is 0 Å². The molecule has 2 amide bonds. The van der Waals surface area contributed by atoms with Crippen LogP contribution in [0.25, 0.3) is 0 Å². The van der Waals surface area contributed by atoms with E-state index in [1.54, 1.807) is 24.0 Å². The topological polar surface area (TPSA) is 61.9 Å². The third-order valence-corrected chi connectivity index (χ3v) is 4.20. The molecule has 25 heavy (non-hydrogen) atoms. The summed E-state index contributed by atoms with van der Waals surface area (Å²) in [4.78, 5) is 27.4. The van der Waals surface area contributed by atoms with Crippen LogP contribution in [0.2, 0.25) is 0 Å². The minimum Gasteiger partial charge on any atom is -0.450 e. The summed E-state index contributed by atoms with van der Waals surface area (Å²) < 4.78 is 17.8. The monoisotopic (exact) mass is 351 g/mol. The average Bonchev–Trinajstić information content (AvgIpc) is 2.62. The standard InChI is InChI=1S/C18H26FN3O3/c1-2-25-18(24)22-13-11-21(12-14-22)10-8-17(23)20-9-7-15-3-5-16(19)6-4-15/h3-6H,2,7-14H2,1H3,(H,20,23). The zero-order chi connectivity index (χ0) is 18.1. The largest absolute Gasteiger partial charge is 0.450 e. The van der Waals surface area contributed by atoms with Crippen LogP contribution in [0.3, 0.4) is 0 Å². The SMILES string of the molecule is CCOC(=O)N1CCN(CCC(=O)NCCc2ccc(F)cc2)CC1. The first kappa shape index (κ1) is 19.2. The zero-order valence-electron chi connectivity index (χ0n) is 14.7. The smallest absolute Gasteiger partial charge is 0.409 e. The van der Waals surface area contributed by atoms with Crippen molar-refractivity contribution < 1.29 is 18.7 Å². The van der Waals surface area contributed by atoms with Gasteiger partial charge < -0.3 is 15.0 Å². The molecule has 0 aliphatic carbocycles. The lowest BCUT2D eigenvalue weighted by Gasteiger charge is -2.33. The molecule has 1 aliphatic rings. The average molecular weight is 351 g/mol. The molecule has 0 atom stereocenters. The minimum atomic E-state index is -0.263. The molecule has 2 rings (SSSR count). The van der Waals surface area contributed by atoms with Gasteiger partial charge in [-0.2, -0.15) is 0 Å². The van der Waals surface area contributed by atoms with Crippen molar-refractivity contribution in [3.8, 4) is 0 Å². The fraction of sp³-hybridized carbons (Fsp3) is 0.556. The van der Waals surface area contributed by atoms with Crippen LogP contribution in [-0.2, 0) is 16.0 Å². The number of carbonyl (C=O) groups excluding carboxylic acids is 2. The highest BCUT2D eigenvalue weighted by Gasteiger charge is 2.21. The molecule has 138 valence electrons. The molecule has 1 heterocycles. The lowest BCUT2D eigenvalue weighted by Crippen LogP contribution is -2.49. The van der Waals surface area contributed by atoms with Crippen molar-refractivity contribution in [1.82, 2.24) is 15.1 Å². The Morgan fingerprint density at radius 1 is 1.16 bits per heavy atom. The quantitative estimate of drug-likeness (QED) is 0.811. The third kappa shape index (κ3) is 6.70. The van der Waals surface area contributed by atoms with E-state index >= 15 is 0 Å². The lowest BCUT2D eigenvalue weighted by molar-refractivity contribution is -0.121. The van der Waals surface area contributed by atoms with Gasteiger partial charge in [-0.3, -0.25) is 9.69 Å². The number of carbonyl (C=O) groups is 2. The van der Waals surface area contributed by atoms with Crippen LogP contribution in [0.5, 0.6) is 0 Å². The van der Waals surface area contributed by atoms with E-state index in [4.69, 9.17) is 4.74 Å². The molecule has 0 bridgehead atoms. The Bertz CT molecular complexity index is 557. The number of amides is 2. The second kappa shape index (κ2) is 9.98. The molecule has 1 aromatic rings. The van der Waals surface area contributed by atoms with E-state index in [2.05, 4.69) is 10.2 Å². The van der Waals surface area contributed by atoms with Crippen molar-refractivity contribution in [2.45, 2.75) is 19.8 Å². The lowest BCUT2D eigenvalue weighted by atomic mass is 10.1. The van der Waals surface area contributed by atoms with Gasteiger partial charge in [-0.1, -0.05) is 12.1 Å². The second-order valence-corrected chi connectivity index (χ2v) is 6.00. The molecule has 1 saturated heterocycles. The predicted molar refractivity (Wildman–Crippen MR) is 92.8 cm³/mol. The van der Waals surface area contributed by atoms with Gasteiger partial charge in [-0.15, -0.1) is 0 Å². The van der Waals surface area contributed by atoms with Crippen molar-refractivity contribution in [3.63, 3.8) is 0 Å². The fourth-order valence-corrected chi connectivity index (χ4v) is 2.71. The number of piperazine rings is 1. The van der Waals surface area contributed by atoms with E-state index in [9.17, 15) is 14.0 Å². The van der Waals surface area contributed by atoms with Crippen LogP contribution in [0.1, 0.15) is 18.9 Å². The summed E-state index contributed by atoms with van der Waals surface area (Å²) in [7, 11) is 0. The maximum Gasteiger partial charge on any atom is 0.409 e. The first-order chi connectivity index (χ1) is 12.1. The normalized spacial score (nSPS) is 15.0. The molecule has 7 heteroatoms. The molecule has 6 nitrogen and oxygen atoms in total. The van der Waals surface area contributed by atoms with Gasteiger partial charge in [-0.05, 0) is 31.0 Å². The molecule has 0 unspecified atom stereocenters.